The Morgan fingerprint density at radius 3 is 2.65 bits per heavy atom. The molecule has 1 aromatic heterocycles. The average Bonchev–Trinajstić information content (AvgIpc) is 3.05. The number of methoxy groups -OCH3 is 1. The van der Waals surface area contributed by atoms with Gasteiger partial charge in [0.15, 0.2) is 5.78 Å². The Kier molecular flexibility index (Phi) is 5.54. The normalized spacial score (nSPS) is 11.0. The third-order valence-electron chi connectivity index (χ3n) is 4.00. The molecule has 0 amide bonds. The lowest BCUT2D eigenvalue weighted by atomic mass is 10.1. The van der Waals surface area contributed by atoms with Gasteiger partial charge in [-0.3, -0.25) is 9.48 Å². The van der Waals surface area contributed by atoms with Crippen molar-refractivity contribution < 1.29 is 9.53 Å². The summed E-state index contributed by atoms with van der Waals surface area (Å²) in [5, 5.41) is 4.78. The second-order valence-electron chi connectivity index (χ2n) is 5.99. The molecule has 0 aliphatic heterocycles. The van der Waals surface area contributed by atoms with E-state index in [0.717, 1.165) is 22.4 Å². The first-order valence-electron chi connectivity index (χ1n) is 8.19. The summed E-state index contributed by atoms with van der Waals surface area (Å²) in [6.45, 7) is 2.53. The molecule has 0 spiro atoms. The number of ketones is 1. The molecule has 26 heavy (non-hydrogen) atoms. The molecule has 132 valence electrons. The average molecular weight is 367 g/mol. The Hall–Kier alpha value is -2.85. The highest BCUT2D eigenvalue weighted by atomic mass is 35.5. The molecular formula is C21H19ClN2O2. The lowest BCUT2D eigenvalue weighted by molar-refractivity contribution is 0.104. The predicted octanol–water partition coefficient (Wildman–Crippen LogP) is 4.80. The Balaban J connectivity index is 1.80. The van der Waals surface area contributed by atoms with E-state index in [-0.39, 0.29) is 5.78 Å². The molecule has 1 heterocycles. The molecule has 4 nitrogen and oxygen atoms in total. The smallest absolute Gasteiger partial charge is 0.185 e. The number of carbonyl (C=O) groups excluding carboxylic acids is 1. The van der Waals surface area contributed by atoms with Crippen molar-refractivity contribution in [2.75, 3.05) is 7.11 Å². The van der Waals surface area contributed by atoms with Crippen LogP contribution in [-0.2, 0) is 6.54 Å². The van der Waals surface area contributed by atoms with Gasteiger partial charge < -0.3 is 4.74 Å². The lowest BCUT2D eigenvalue weighted by Gasteiger charge is -2.09. The first-order valence-corrected chi connectivity index (χ1v) is 8.57. The molecular weight excluding hydrogens is 348 g/mol. The number of nitrogens with zero attached hydrogens (tertiary/aromatic N) is 2. The summed E-state index contributed by atoms with van der Waals surface area (Å²) >= 11 is 5.92. The van der Waals surface area contributed by atoms with Gasteiger partial charge >= 0.3 is 0 Å². The number of aryl methyl sites for hydroxylation is 1. The highest BCUT2D eigenvalue weighted by molar-refractivity contribution is 6.30. The van der Waals surface area contributed by atoms with Gasteiger partial charge in [-0.05, 0) is 30.7 Å². The van der Waals surface area contributed by atoms with E-state index in [1.54, 1.807) is 36.3 Å². The van der Waals surface area contributed by atoms with Crippen LogP contribution in [0.2, 0.25) is 5.02 Å². The first kappa shape index (κ1) is 18.0. The summed E-state index contributed by atoms with van der Waals surface area (Å²) in [5.41, 5.74) is 3.67. The molecule has 5 heteroatoms. The number of aromatic nitrogens is 2. The zero-order valence-electron chi connectivity index (χ0n) is 14.6. The third-order valence-corrected chi connectivity index (χ3v) is 4.20. The van der Waals surface area contributed by atoms with Crippen LogP contribution in [0.1, 0.15) is 27.0 Å². The Morgan fingerprint density at radius 2 is 2.00 bits per heavy atom. The molecule has 0 fully saturated rings. The Labute approximate surface area is 157 Å². The number of carbonyl (C=O) groups is 1. The van der Waals surface area contributed by atoms with E-state index in [2.05, 4.69) is 5.10 Å². The van der Waals surface area contributed by atoms with Crippen LogP contribution < -0.4 is 4.74 Å². The van der Waals surface area contributed by atoms with Crippen LogP contribution in [0.3, 0.4) is 0 Å². The second-order valence-corrected chi connectivity index (χ2v) is 6.43. The molecule has 0 bridgehead atoms. The number of ether oxygens (including phenoxy) is 1. The minimum atomic E-state index is -0.0266. The van der Waals surface area contributed by atoms with Crippen molar-refractivity contribution in [2.24, 2.45) is 0 Å². The Bertz CT molecular complexity index is 943. The molecule has 0 N–H and O–H groups in total. The van der Waals surface area contributed by atoms with Crippen LogP contribution >= 0.6 is 11.6 Å². The van der Waals surface area contributed by atoms with E-state index >= 15 is 0 Å². The van der Waals surface area contributed by atoms with Crippen molar-refractivity contribution in [1.29, 1.82) is 0 Å². The molecule has 3 rings (SSSR count). The van der Waals surface area contributed by atoms with Crippen LogP contribution in [0.15, 0.2) is 60.9 Å². The number of halogens is 1. The van der Waals surface area contributed by atoms with Crippen molar-refractivity contribution in [2.45, 2.75) is 13.5 Å². The fraction of sp³-hybridized carbons (Fsp3) is 0.143. The number of allylic oxidation sites excluding steroid dienone is 1. The van der Waals surface area contributed by atoms with Crippen LogP contribution in [0.4, 0.5) is 0 Å². The Morgan fingerprint density at radius 1 is 1.23 bits per heavy atom. The summed E-state index contributed by atoms with van der Waals surface area (Å²) in [4.78, 5) is 12.3. The molecule has 0 aliphatic rings. The molecule has 2 aromatic carbocycles. The van der Waals surface area contributed by atoms with Gasteiger partial charge in [-0.2, -0.15) is 5.10 Å². The van der Waals surface area contributed by atoms with E-state index in [0.29, 0.717) is 17.1 Å². The third kappa shape index (κ3) is 4.41. The van der Waals surface area contributed by atoms with Crippen molar-refractivity contribution in [3.63, 3.8) is 0 Å². The molecule has 0 atom stereocenters. The minimum absolute atomic E-state index is 0.0266. The summed E-state index contributed by atoms with van der Waals surface area (Å²) in [6.07, 6.45) is 6.74. The summed E-state index contributed by atoms with van der Waals surface area (Å²) in [5.74, 6) is 0.736. The highest BCUT2D eigenvalue weighted by Gasteiger charge is 2.07. The summed E-state index contributed by atoms with van der Waals surface area (Å²) in [7, 11) is 1.63. The molecule has 0 unspecified atom stereocenters. The van der Waals surface area contributed by atoms with Gasteiger partial charge in [-0.1, -0.05) is 53.6 Å². The largest absolute Gasteiger partial charge is 0.496 e. The predicted molar refractivity (Wildman–Crippen MR) is 104 cm³/mol. The first-order chi connectivity index (χ1) is 12.5. The standard InChI is InChI=1S/C21H19ClN2O2/c1-15-3-7-17(8-4-15)20(25)9-5-16-6-10-21(26-2)18(11-16)13-24-14-19(22)12-23-24/h3-12,14H,13H2,1-2H3/b9-5+. The SMILES string of the molecule is COc1ccc(/C=C/C(=O)c2ccc(C)cc2)cc1Cn1cc(Cl)cn1. The van der Waals surface area contributed by atoms with Crippen LogP contribution in [0.5, 0.6) is 5.75 Å². The van der Waals surface area contributed by atoms with E-state index in [1.807, 2.05) is 49.4 Å². The van der Waals surface area contributed by atoms with Gasteiger partial charge in [0.1, 0.15) is 5.75 Å². The number of rotatable bonds is 6. The molecule has 3 aromatic rings. The van der Waals surface area contributed by atoms with Crippen molar-refractivity contribution >= 4 is 23.5 Å². The number of hydrogen-bond acceptors (Lipinski definition) is 3. The van der Waals surface area contributed by atoms with Gasteiger partial charge in [-0.15, -0.1) is 0 Å². The fourth-order valence-electron chi connectivity index (χ4n) is 2.61. The van der Waals surface area contributed by atoms with E-state index in [1.165, 1.54) is 0 Å². The van der Waals surface area contributed by atoms with E-state index < -0.39 is 0 Å². The summed E-state index contributed by atoms with van der Waals surface area (Å²) < 4.78 is 7.16. The van der Waals surface area contributed by atoms with E-state index in [4.69, 9.17) is 16.3 Å². The van der Waals surface area contributed by atoms with Gasteiger partial charge in [0.05, 0.1) is 24.9 Å². The zero-order chi connectivity index (χ0) is 18.5. The number of benzene rings is 2. The zero-order valence-corrected chi connectivity index (χ0v) is 15.4. The fourth-order valence-corrected chi connectivity index (χ4v) is 2.77. The molecule has 0 radical (unpaired) electrons. The monoisotopic (exact) mass is 366 g/mol. The maximum atomic E-state index is 12.3. The van der Waals surface area contributed by atoms with Crippen molar-refractivity contribution in [1.82, 2.24) is 9.78 Å². The lowest BCUT2D eigenvalue weighted by Crippen LogP contribution is -2.02. The van der Waals surface area contributed by atoms with Gasteiger partial charge in [0.25, 0.3) is 0 Å². The van der Waals surface area contributed by atoms with Gasteiger partial charge in [0.2, 0.25) is 0 Å². The van der Waals surface area contributed by atoms with Crippen molar-refractivity contribution in [3.05, 3.63) is 88.2 Å². The molecule has 0 saturated carbocycles. The van der Waals surface area contributed by atoms with Gasteiger partial charge in [-0.25, -0.2) is 0 Å². The van der Waals surface area contributed by atoms with Crippen LogP contribution in [-0.4, -0.2) is 22.7 Å². The molecule has 0 saturated heterocycles. The topological polar surface area (TPSA) is 44.1 Å². The molecule has 0 aliphatic carbocycles. The second kappa shape index (κ2) is 8.02. The van der Waals surface area contributed by atoms with Crippen LogP contribution in [0.25, 0.3) is 6.08 Å². The summed E-state index contributed by atoms with van der Waals surface area (Å²) in [6, 6.07) is 13.3. The number of hydrogen-bond donors (Lipinski definition) is 0. The van der Waals surface area contributed by atoms with Crippen molar-refractivity contribution in [3.8, 4) is 5.75 Å². The quantitative estimate of drug-likeness (QED) is 0.465. The van der Waals surface area contributed by atoms with Gasteiger partial charge in [0, 0.05) is 17.3 Å². The maximum Gasteiger partial charge on any atom is 0.185 e. The van der Waals surface area contributed by atoms with E-state index in [9.17, 15) is 4.79 Å². The minimum Gasteiger partial charge on any atom is -0.496 e. The van der Waals surface area contributed by atoms with Crippen LogP contribution in [0, 0.1) is 6.92 Å². The highest BCUT2D eigenvalue weighted by Crippen LogP contribution is 2.22. The maximum absolute atomic E-state index is 12.3.